The van der Waals surface area contributed by atoms with E-state index >= 15 is 0 Å². The van der Waals surface area contributed by atoms with Crippen molar-refractivity contribution in [1.29, 1.82) is 0 Å². The number of carbonyl (C=O) groups is 1. The van der Waals surface area contributed by atoms with Crippen LogP contribution in [0.3, 0.4) is 0 Å². The van der Waals surface area contributed by atoms with Crippen LogP contribution in [0.1, 0.15) is 25.6 Å². The lowest BCUT2D eigenvalue weighted by atomic mass is 10.2. The predicted octanol–water partition coefficient (Wildman–Crippen LogP) is 3.28. The lowest BCUT2D eigenvalue weighted by Gasteiger charge is -2.08. The molecule has 1 heterocycles. The molecule has 16 heavy (non-hydrogen) atoms. The van der Waals surface area contributed by atoms with Crippen molar-refractivity contribution < 1.29 is 9.21 Å². The summed E-state index contributed by atoms with van der Waals surface area (Å²) < 4.78 is 5.61. The van der Waals surface area contributed by atoms with Crippen LogP contribution in [0.5, 0.6) is 0 Å². The summed E-state index contributed by atoms with van der Waals surface area (Å²) in [7, 11) is 0. The highest BCUT2D eigenvalue weighted by Gasteiger charge is 2.12. The van der Waals surface area contributed by atoms with Gasteiger partial charge in [0.1, 0.15) is 11.3 Å². The van der Waals surface area contributed by atoms with Gasteiger partial charge in [0.15, 0.2) is 0 Å². The fraction of sp³-hybridized carbons (Fsp3) is 0.250. The Morgan fingerprint density at radius 3 is 2.88 bits per heavy atom. The lowest BCUT2D eigenvalue weighted by Crippen LogP contribution is -2.23. The van der Waals surface area contributed by atoms with E-state index in [0.29, 0.717) is 5.02 Å². The first-order chi connectivity index (χ1) is 7.56. The van der Waals surface area contributed by atoms with Crippen LogP contribution in [0.25, 0.3) is 11.0 Å². The SMILES string of the molecule is CC(=O)NC(C)c1cc2cc(Cl)ccc2o1. The van der Waals surface area contributed by atoms with Crippen LogP contribution in [0, 0.1) is 0 Å². The molecule has 2 rings (SSSR count). The van der Waals surface area contributed by atoms with Gasteiger partial charge in [-0.15, -0.1) is 0 Å². The van der Waals surface area contributed by atoms with Gasteiger partial charge in [-0.25, -0.2) is 0 Å². The van der Waals surface area contributed by atoms with Crippen LogP contribution in [0.4, 0.5) is 0 Å². The van der Waals surface area contributed by atoms with Gasteiger partial charge in [0.2, 0.25) is 5.91 Å². The van der Waals surface area contributed by atoms with Crippen LogP contribution in [0.15, 0.2) is 28.7 Å². The Hall–Kier alpha value is -1.48. The number of fused-ring (bicyclic) bond motifs is 1. The standard InChI is InChI=1S/C12H12ClNO2/c1-7(14-8(2)15)12-6-9-5-10(13)3-4-11(9)16-12/h3-7H,1-2H3,(H,14,15). The molecule has 0 fully saturated rings. The first-order valence-corrected chi connectivity index (χ1v) is 5.40. The molecule has 0 saturated heterocycles. The number of hydrogen-bond donors (Lipinski definition) is 1. The molecule has 0 radical (unpaired) electrons. The molecule has 3 nitrogen and oxygen atoms in total. The number of nitrogens with one attached hydrogen (secondary N) is 1. The molecule has 0 spiro atoms. The Kier molecular flexibility index (Phi) is 2.88. The molecule has 1 aromatic heterocycles. The molecule has 1 atom stereocenters. The van der Waals surface area contributed by atoms with Gasteiger partial charge in [0.25, 0.3) is 0 Å². The van der Waals surface area contributed by atoms with Gasteiger partial charge < -0.3 is 9.73 Å². The maximum atomic E-state index is 10.9. The third kappa shape index (κ3) is 2.19. The molecule has 2 aromatic rings. The fourth-order valence-corrected chi connectivity index (χ4v) is 1.80. The minimum atomic E-state index is -0.135. The number of rotatable bonds is 2. The summed E-state index contributed by atoms with van der Waals surface area (Å²) in [6.07, 6.45) is 0. The van der Waals surface area contributed by atoms with Gasteiger partial charge in [-0.05, 0) is 31.2 Å². The second kappa shape index (κ2) is 4.18. The van der Waals surface area contributed by atoms with E-state index in [1.165, 1.54) is 6.92 Å². The van der Waals surface area contributed by atoms with Crippen molar-refractivity contribution in [3.05, 3.63) is 35.0 Å². The molecule has 1 amide bonds. The number of furan rings is 1. The average molecular weight is 238 g/mol. The number of amides is 1. The molecule has 0 aliphatic heterocycles. The highest BCUT2D eigenvalue weighted by molar-refractivity contribution is 6.31. The minimum Gasteiger partial charge on any atom is -0.459 e. The monoisotopic (exact) mass is 237 g/mol. The summed E-state index contributed by atoms with van der Waals surface area (Å²) in [6, 6.07) is 7.19. The average Bonchev–Trinajstić information content (AvgIpc) is 2.59. The van der Waals surface area contributed by atoms with E-state index in [-0.39, 0.29) is 11.9 Å². The summed E-state index contributed by atoms with van der Waals surface area (Å²) in [6.45, 7) is 3.36. The van der Waals surface area contributed by atoms with Gasteiger partial charge in [0, 0.05) is 17.3 Å². The van der Waals surface area contributed by atoms with Crippen molar-refractivity contribution in [2.45, 2.75) is 19.9 Å². The first-order valence-electron chi connectivity index (χ1n) is 5.02. The van der Waals surface area contributed by atoms with Crippen molar-refractivity contribution in [1.82, 2.24) is 5.32 Å². The maximum Gasteiger partial charge on any atom is 0.217 e. The van der Waals surface area contributed by atoms with Gasteiger partial charge in [0.05, 0.1) is 6.04 Å². The largest absolute Gasteiger partial charge is 0.459 e. The van der Waals surface area contributed by atoms with E-state index < -0.39 is 0 Å². The maximum absolute atomic E-state index is 10.9. The number of benzene rings is 1. The zero-order chi connectivity index (χ0) is 11.7. The van der Waals surface area contributed by atoms with E-state index in [2.05, 4.69) is 5.32 Å². The van der Waals surface area contributed by atoms with Gasteiger partial charge in [-0.3, -0.25) is 4.79 Å². The highest BCUT2D eigenvalue weighted by atomic mass is 35.5. The first kappa shape index (κ1) is 11.0. The Morgan fingerprint density at radius 2 is 2.19 bits per heavy atom. The Labute approximate surface area is 98.4 Å². The normalized spacial score (nSPS) is 12.7. The van der Waals surface area contributed by atoms with Gasteiger partial charge >= 0.3 is 0 Å². The van der Waals surface area contributed by atoms with E-state index in [9.17, 15) is 4.79 Å². The van der Waals surface area contributed by atoms with Crippen molar-refractivity contribution in [2.75, 3.05) is 0 Å². The quantitative estimate of drug-likeness (QED) is 0.871. The second-order valence-corrected chi connectivity index (χ2v) is 4.19. The fourth-order valence-electron chi connectivity index (χ4n) is 1.62. The highest BCUT2D eigenvalue weighted by Crippen LogP contribution is 2.26. The predicted molar refractivity (Wildman–Crippen MR) is 63.5 cm³/mol. The van der Waals surface area contributed by atoms with Crippen molar-refractivity contribution >= 4 is 28.5 Å². The molecule has 0 aliphatic rings. The summed E-state index contributed by atoms with van der Waals surface area (Å²) in [5.74, 6) is 0.651. The number of halogens is 1. The number of hydrogen-bond acceptors (Lipinski definition) is 2. The van der Waals surface area contributed by atoms with E-state index in [1.807, 2.05) is 25.1 Å². The topological polar surface area (TPSA) is 42.2 Å². The van der Waals surface area contributed by atoms with Crippen molar-refractivity contribution in [3.63, 3.8) is 0 Å². The Balaban J connectivity index is 2.35. The van der Waals surface area contributed by atoms with Crippen LogP contribution in [-0.4, -0.2) is 5.91 Å². The summed E-state index contributed by atoms with van der Waals surface area (Å²) in [4.78, 5) is 10.9. The van der Waals surface area contributed by atoms with Crippen molar-refractivity contribution in [3.8, 4) is 0 Å². The molecule has 1 unspecified atom stereocenters. The molecule has 84 valence electrons. The van der Waals surface area contributed by atoms with Crippen molar-refractivity contribution in [2.24, 2.45) is 0 Å². The van der Waals surface area contributed by atoms with Crippen LogP contribution in [0.2, 0.25) is 5.02 Å². The molecule has 4 heteroatoms. The van der Waals surface area contributed by atoms with Crippen LogP contribution >= 0.6 is 11.6 Å². The van der Waals surface area contributed by atoms with E-state index in [0.717, 1.165) is 16.7 Å². The van der Waals surface area contributed by atoms with Crippen LogP contribution in [-0.2, 0) is 4.79 Å². The molecule has 1 N–H and O–H groups in total. The third-order valence-electron chi connectivity index (χ3n) is 2.34. The Morgan fingerprint density at radius 1 is 1.44 bits per heavy atom. The zero-order valence-corrected chi connectivity index (χ0v) is 9.84. The molecular weight excluding hydrogens is 226 g/mol. The van der Waals surface area contributed by atoms with E-state index in [1.54, 1.807) is 6.07 Å². The van der Waals surface area contributed by atoms with Crippen LogP contribution < -0.4 is 5.32 Å². The lowest BCUT2D eigenvalue weighted by molar-refractivity contribution is -0.119. The van der Waals surface area contributed by atoms with Gasteiger partial charge in [-0.1, -0.05) is 11.6 Å². The zero-order valence-electron chi connectivity index (χ0n) is 9.08. The molecule has 0 saturated carbocycles. The smallest absolute Gasteiger partial charge is 0.217 e. The summed E-state index contributed by atoms with van der Waals surface area (Å²) in [5, 5.41) is 4.39. The molecule has 0 aliphatic carbocycles. The molecule has 0 bridgehead atoms. The summed E-state index contributed by atoms with van der Waals surface area (Å²) >= 11 is 5.88. The second-order valence-electron chi connectivity index (χ2n) is 3.75. The minimum absolute atomic E-state index is 0.0778. The van der Waals surface area contributed by atoms with E-state index in [4.69, 9.17) is 16.0 Å². The third-order valence-corrected chi connectivity index (χ3v) is 2.58. The van der Waals surface area contributed by atoms with Gasteiger partial charge in [-0.2, -0.15) is 0 Å². The Bertz CT molecular complexity index is 533. The number of carbonyl (C=O) groups excluding carboxylic acids is 1. The molecular formula is C12H12ClNO2. The molecule has 1 aromatic carbocycles. The summed E-state index contributed by atoms with van der Waals surface area (Å²) in [5.41, 5.74) is 0.775.